The maximum Gasteiger partial charge on any atom is 0.411 e. The number of carbonyl (C=O) groups is 2. The average Bonchev–Trinajstić information content (AvgIpc) is 2.73. The normalized spacial score (nSPS) is 25.0. The topological polar surface area (TPSA) is 55.8 Å². The first kappa shape index (κ1) is 18.7. The first-order valence-corrected chi connectivity index (χ1v) is 7.55. The lowest BCUT2D eigenvalue weighted by molar-refractivity contribution is -0.153. The van der Waals surface area contributed by atoms with Gasteiger partial charge in [0.15, 0.2) is 5.54 Å². The molecule has 0 spiro atoms. The maximum absolute atomic E-state index is 14.0. The van der Waals surface area contributed by atoms with Gasteiger partial charge < -0.3 is 9.47 Å². The number of halogens is 2. The van der Waals surface area contributed by atoms with Crippen molar-refractivity contribution in [2.24, 2.45) is 0 Å². The van der Waals surface area contributed by atoms with E-state index in [4.69, 9.17) is 21.1 Å². The Kier molecular flexibility index (Phi) is 5.84. The van der Waals surface area contributed by atoms with Gasteiger partial charge in [0.05, 0.1) is 13.7 Å². The second-order valence-corrected chi connectivity index (χ2v) is 6.74. The molecule has 7 heteroatoms. The third kappa shape index (κ3) is 4.12. The maximum atomic E-state index is 14.0. The summed E-state index contributed by atoms with van der Waals surface area (Å²) >= 11 is 5.73. The van der Waals surface area contributed by atoms with Crippen molar-refractivity contribution in [3.8, 4) is 0 Å². The molecule has 0 aromatic carbocycles. The molecule has 0 saturated carbocycles. The van der Waals surface area contributed by atoms with Crippen molar-refractivity contribution >= 4 is 23.7 Å². The molecule has 0 aromatic heterocycles. The van der Waals surface area contributed by atoms with E-state index in [1.807, 2.05) is 0 Å². The number of nitrogens with zero attached hydrogens (tertiary/aromatic N) is 1. The summed E-state index contributed by atoms with van der Waals surface area (Å²) in [6.45, 7) is 8.63. The molecule has 1 heterocycles. The van der Waals surface area contributed by atoms with Crippen LogP contribution in [0.1, 0.15) is 33.6 Å². The lowest BCUT2D eigenvalue weighted by Gasteiger charge is -2.36. The van der Waals surface area contributed by atoms with Gasteiger partial charge in [-0.25, -0.2) is 14.0 Å². The zero-order valence-corrected chi connectivity index (χ0v) is 14.2. The summed E-state index contributed by atoms with van der Waals surface area (Å²) in [6, 6.07) is 0. The lowest BCUT2D eigenvalue weighted by atomic mass is 9.88. The van der Waals surface area contributed by atoms with Crippen molar-refractivity contribution < 1.29 is 23.5 Å². The van der Waals surface area contributed by atoms with Gasteiger partial charge in [-0.3, -0.25) is 4.90 Å². The van der Waals surface area contributed by atoms with E-state index in [-0.39, 0.29) is 25.3 Å². The third-order valence-electron chi connectivity index (χ3n) is 3.37. The number of ether oxygens (including phenoxy) is 2. The summed E-state index contributed by atoms with van der Waals surface area (Å²) in [7, 11) is 1.20. The van der Waals surface area contributed by atoms with Crippen LogP contribution in [-0.2, 0) is 14.3 Å². The fourth-order valence-electron chi connectivity index (χ4n) is 2.56. The molecule has 0 aliphatic carbocycles. The fraction of sp³-hybridized carbons (Fsp3) is 0.733. The minimum absolute atomic E-state index is 0.0445. The quantitative estimate of drug-likeness (QED) is 0.450. The number of hydrogen-bond acceptors (Lipinski definition) is 4. The Labute approximate surface area is 135 Å². The second-order valence-electron chi connectivity index (χ2n) is 6.48. The van der Waals surface area contributed by atoms with Gasteiger partial charge in [-0.05, 0) is 20.8 Å². The Balaban J connectivity index is 3.17. The standard InChI is InChI=1S/C15H23ClFNO4/c1-10(8-16)6-15(12(19)21-5)7-11(17)9-18(15)13(20)22-14(2,3)4/h11H,1,6-9H2,2-5H3/t11-,15?/m0/s1. The number of carbonyl (C=O) groups excluding carboxylic acids is 2. The van der Waals surface area contributed by atoms with E-state index in [0.29, 0.717) is 5.57 Å². The molecular weight excluding hydrogens is 313 g/mol. The first-order valence-electron chi connectivity index (χ1n) is 7.01. The minimum Gasteiger partial charge on any atom is -0.467 e. The predicted molar refractivity (Wildman–Crippen MR) is 81.7 cm³/mol. The van der Waals surface area contributed by atoms with Crippen LogP contribution in [0.25, 0.3) is 0 Å². The highest BCUT2D eigenvalue weighted by Gasteiger charge is 2.55. The van der Waals surface area contributed by atoms with Gasteiger partial charge in [-0.15, -0.1) is 11.6 Å². The number of rotatable bonds is 4. The van der Waals surface area contributed by atoms with Crippen LogP contribution in [0.3, 0.4) is 0 Å². The van der Waals surface area contributed by atoms with Crippen molar-refractivity contribution in [1.82, 2.24) is 4.90 Å². The molecule has 0 bridgehead atoms. The Morgan fingerprint density at radius 1 is 1.45 bits per heavy atom. The molecule has 0 N–H and O–H groups in total. The fourth-order valence-corrected chi connectivity index (χ4v) is 2.66. The van der Waals surface area contributed by atoms with Gasteiger partial charge in [-0.2, -0.15) is 0 Å². The van der Waals surface area contributed by atoms with Crippen LogP contribution in [0.5, 0.6) is 0 Å². The number of alkyl halides is 2. The summed E-state index contributed by atoms with van der Waals surface area (Å²) < 4.78 is 24.1. The van der Waals surface area contributed by atoms with E-state index in [1.165, 1.54) is 7.11 Å². The summed E-state index contributed by atoms with van der Waals surface area (Å²) in [5.74, 6) is -0.581. The Bertz CT molecular complexity index is 463. The summed E-state index contributed by atoms with van der Waals surface area (Å²) in [6.07, 6.45) is -2.20. The molecule has 1 aliphatic heterocycles. The second kappa shape index (κ2) is 6.86. The molecule has 1 fully saturated rings. The van der Waals surface area contributed by atoms with Gasteiger partial charge in [0.2, 0.25) is 0 Å². The van der Waals surface area contributed by atoms with Crippen LogP contribution in [0.4, 0.5) is 9.18 Å². The average molecular weight is 336 g/mol. The highest BCUT2D eigenvalue weighted by Crippen LogP contribution is 2.38. The van der Waals surface area contributed by atoms with Crippen molar-refractivity contribution in [3.63, 3.8) is 0 Å². The molecule has 0 aromatic rings. The van der Waals surface area contributed by atoms with E-state index in [1.54, 1.807) is 20.8 Å². The summed E-state index contributed by atoms with van der Waals surface area (Å²) in [4.78, 5) is 25.8. The highest BCUT2D eigenvalue weighted by molar-refractivity contribution is 6.19. The molecule has 1 saturated heterocycles. The van der Waals surface area contributed by atoms with Crippen LogP contribution in [0, 0.1) is 0 Å². The number of methoxy groups -OCH3 is 1. The molecule has 2 atom stereocenters. The highest BCUT2D eigenvalue weighted by atomic mass is 35.5. The number of esters is 1. The van der Waals surface area contributed by atoms with Crippen molar-refractivity contribution in [2.45, 2.75) is 50.9 Å². The van der Waals surface area contributed by atoms with Gasteiger partial charge in [0, 0.05) is 18.7 Å². The van der Waals surface area contributed by atoms with Crippen LogP contribution < -0.4 is 0 Å². The molecule has 1 rings (SSSR count). The SMILES string of the molecule is C=C(CCl)CC1(C(=O)OC)C[C@H](F)CN1C(=O)OC(C)(C)C. The van der Waals surface area contributed by atoms with E-state index in [2.05, 4.69) is 6.58 Å². The van der Waals surface area contributed by atoms with Gasteiger partial charge in [0.1, 0.15) is 11.8 Å². The van der Waals surface area contributed by atoms with Gasteiger partial charge in [-0.1, -0.05) is 12.2 Å². The van der Waals surface area contributed by atoms with Gasteiger partial charge in [0.25, 0.3) is 0 Å². The monoisotopic (exact) mass is 335 g/mol. The molecule has 1 amide bonds. The number of hydrogen-bond donors (Lipinski definition) is 0. The predicted octanol–water partition coefficient (Wildman–Crippen LogP) is 3.06. The molecule has 5 nitrogen and oxygen atoms in total. The van der Waals surface area contributed by atoms with Gasteiger partial charge >= 0.3 is 12.1 Å². The Morgan fingerprint density at radius 2 is 2.05 bits per heavy atom. The minimum atomic E-state index is -1.46. The smallest absolute Gasteiger partial charge is 0.411 e. The molecule has 0 radical (unpaired) electrons. The molecular formula is C15H23ClFNO4. The number of likely N-dealkylation sites (tertiary alicyclic amines) is 1. The van der Waals surface area contributed by atoms with E-state index in [9.17, 15) is 14.0 Å². The summed E-state index contributed by atoms with van der Waals surface area (Å²) in [5, 5.41) is 0. The zero-order chi connectivity index (χ0) is 17.1. The van der Waals surface area contributed by atoms with Crippen molar-refractivity contribution in [3.05, 3.63) is 12.2 Å². The van der Waals surface area contributed by atoms with E-state index < -0.39 is 29.4 Å². The summed E-state index contributed by atoms with van der Waals surface area (Å²) in [5.41, 5.74) is -1.69. The van der Waals surface area contributed by atoms with Crippen LogP contribution in [0.2, 0.25) is 0 Å². The molecule has 22 heavy (non-hydrogen) atoms. The zero-order valence-electron chi connectivity index (χ0n) is 13.4. The van der Waals surface area contributed by atoms with E-state index >= 15 is 0 Å². The van der Waals surface area contributed by atoms with Crippen molar-refractivity contribution in [2.75, 3.05) is 19.5 Å². The third-order valence-corrected chi connectivity index (χ3v) is 3.75. The molecule has 126 valence electrons. The Hall–Kier alpha value is -1.30. The lowest BCUT2D eigenvalue weighted by Crippen LogP contribution is -2.55. The van der Waals surface area contributed by atoms with Crippen LogP contribution in [-0.4, -0.2) is 53.8 Å². The molecule has 1 aliphatic rings. The van der Waals surface area contributed by atoms with E-state index in [0.717, 1.165) is 4.90 Å². The first-order chi connectivity index (χ1) is 10.1. The van der Waals surface area contributed by atoms with Crippen LogP contribution in [0.15, 0.2) is 12.2 Å². The largest absolute Gasteiger partial charge is 0.467 e. The van der Waals surface area contributed by atoms with Crippen LogP contribution >= 0.6 is 11.6 Å². The Morgan fingerprint density at radius 3 is 2.50 bits per heavy atom. The number of amides is 1. The van der Waals surface area contributed by atoms with Crippen molar-refractivity contribution in [1.29, 1.82) is 0 Å². The molecule has 1 unspecified atom stereocenters.